The third-order valence-corrected chi connectivity index (χ3v) is 2.57. The normalized spacial score (nSPS) is 10.8. The highest BCUT2D eigenvalue weighted by atomic mass is 35.5. The first kappa shape index (κ1) is 12.4. The van der Waals surface area contributed by atoms with Gasteiger partial charge in [0.2, 0.25) is 0 Å². The highest BCUT2D eigenvalue weighted by Gasteiger charge is 2.07. The number of hydrazone groups is 1. The molecule has 18 heavy (non-hydrogen) atoms. The maximum Gasteiger partial charge on any atom is 0.272 e. The Morgan fingerprint density at radius 3 is 2.78 bits per heavy atom. The Morgan fingerprint density at radius 2 is 2.11 bits per heavy atom. The van der Waals surface area contributed by atoms with Crippen LogP contribution < -0.4 is 5.43 Å². The molecule has 0 aliphatic heterocycles. The molecule has 1 N–H and O–H groups in total. The monoisotopic (exact) mass is 262 g/mol. The van der Waals surface area contributed by atoms with Gasteiger partial charge in [0.25, 0.3) is 5.91 Å². The van der Waals surface area contributed by atoms with Gasteiger partial charge >= 0.3 is 0 Å². The Kier molecular flexibility index (Phi) is 3.79. The van der Waals surface area contributed by atoms with Gasteiger partial charge in [-0.1, -0.05) is 23.7 Å². The van der Waals surface area contributed by atoms with E-state index >= 15 is 0 Å². The lowest BCUT2D eigenvalue weighted by atomic mass is 10.2. The number of rotatable bonds is 3. The fourth-order valence-electron chi connectivity index (χ4n) is 1.38. The number of benzene rings is 1. The van der Waals surface area contributed by atoms with E-state index in [0.717, 1.165) is 5.76 Å². The molecule has 5 heteroatoms. The van der Waals surface area contributed by atoms with E-state index in [9.17, 15) is 4.79 Å². The van der Waals surface area contributed by atoms with Crippen LogP contribution in [0.25, 0.3) is 0 Å². The molecule has 0 spiro atoms. The van der Waals surface area contributed by atoms with E-state index < -0.39 is 0 Å². The molecule has 4 nitrogen and oxygen atoms in total. The summed E-state index contributed by atoms with van der Waals surface area (Å²) in [5, 5.41) is 4.18. The molecule has 0 bridgehead atoms. The van der Waals surface area contributed by atoms with Gasteiger partial charge in [0, 0.05) is 0 Å². The van der Waals surface area contributed by atoms with Gasteiger partial charge in [0.05, 0.1) is 16.8 Å². The van der Waals surface area contributed by atoms with Crippen molar-refractivity contribution in [3.05, 3.63) is 58.5 Å². The highest BCUT2D eigenvalue weighted by Crippen LogP contribution is 2.14. The van der Waals surface area contributed by atoms with Crippen LogP contribution in [-0.4, -0.2) is 12.1 Å². The standard InChI is InChI=1S/C13H11ClN2O2/c1-9-6-7-10(18-9)8-15-16-13(17)11-4-2-3-5-12(11)14/h2-8H,1H3,(H,16,17)/b15-8-. The van der Waals surface area contributed by atoms with Crippen molar-refractivity contribution in [1.29, 1.82) is 0 Å². The first-order valence-electron chi connectivity index (χ1n) is 5.31. The summed E-state index contributed by atoms with van der Waals surface area (Å²) in [7, 11) is 0. The van der Waals surface area contributed by atoms with Crippen molar-refractivity contribution < 1.29 is 9.21 Å². The van der Waals surface area contributed by atoms with E-state index in [1.807, 2.05) is 13.0 Å². The third-order valence-electron chi connectivity index (χ3n) is 2.24. The van der Waals surface area contributed by atoms with Crippen molar-refractivity contribution in [2.45, 2.75) is 6.92 Å². The SMILES string of the molecule is Cc1ccc(/C=N\NC(=O)c2ccccc2Cl)o1. The van der Waals surface area contributed by atoms with Gasteiger partial charge in [-0.05, 0) is 31.2 Å². The first-order chi connectivity index (χ1) is 8.66. The molecular formula is C13H11ClN2O2. The summed E-state index contributed by atoms with van der Waals surface area (Å²) in [6.45, 7) is 1.83. The molecule has 0 fully saturated rings. The van der Waals surface area contributed by atoms with Crippen molar-refractivity contribution in [3.63, 3.8) is 0 Å². The predicted molar refractivity (Wildman–Crippen MR) is 70.0 cm³/mol. The number of furan rings is 1. The molecular weight excluding hydrogens is 252 g/mol. The smallest absolute Gasteiger partial charge is 0.272 e. The minimum atomic E-state index is -0.361. The van der Waals surface area contributed by atoms with E-state index in [-0.39, 0.29) is 5.91 Å². The molecule has 2 rings (SSSR count). The number of hydrogen-bond donors (Lipinski definition) is 1. The van der Waals surface area contributed by atoms with E-state index in [2.05, 4.69) is 10.5 Å². The molecule has 0 aliphatic carbocycles. The molecule has 1 aromatic carbocycles. The first-order valence-corrected chi connectivity index (χ1v) is 5.69. The van der Waals surface area contributed by atoms with Crippen LogP contribution in [0.5, 0.6) is 0 Å². The molecule has 0 radical (unpaired) electrons. The van der Waals surface area contributed by atoms with Crippen molar-refractivity contribution in [2.75, 3.05) is 0 Å². The zero-order valence-electron chi connectivity index (χ0n) is 9.68. The second-order valence-corrected chi connectivity index (χ2v) is 4.03. The number of halogens is 1. The average molecular weight is 263 g/mol. The molecule has 0 aliphatic rings. The molecule has 1 aromatic heterocycles. The Balaban J connectivity index is 2.01. The van der Waals surface area contributed by atoms with E-state index in [1.165, 1.54) is 6.21 Å². The van der Waals surface area contributed by atoms with Crippen LogP contribution in [0.2, 0.25) is 5.02 Å². The van der Waals surface area contributed by atoms with Gasteiger partial charge < -0.3 is 4.42 Å². The number of carbonyl (C=O) groups excluding carboxylic acids is 1. The lowest BCUT2D eigenvalue weighted by molar-refractivity contribution is 0.0955. The Labute approximate surface area is 109 Å². The minimum absolute atomic E-state index is 0.361. The summed E-state index contributed by atoms with van der Waals surface area (Å²) in [6, 6.07) is 10.4. The van der Waals surface area contributed by atoms with Crippen LogP contribution in [0, 0.1) is 6.92 Å². The number of nitrogens with zero attached hydrogens (tertiary/aromatic N) is 1. The quantitative estimate of drug-likeness (QED) is 0.683. The van der Waals surface area contributed by atoms with Gasteiger partial charge in [-0.2, -0.15) is 5.10 Å². The third kappa shape index (κ3) is 2.99. The minimum Gasteiger partial charge on any atom is -0.460 e. The summed E-state index contributed by atoms with van der Waals surface area (Å²) in [4.78, 5) is 11.7. The van der Waals surface area contributed by atoms with Crippen molar-refractivity contribution in [1.82, 2.24) is 5.43 Å². The lowest BCUT2D eigenvalue weighted by Gasteiger charge is -2.00. The number of nitrogens with one attached hydrogen (secondary N) is 1. The molecule has 0 saturated carbocycles. The summed E-state index contributed by atoms with van der Waals surface area (Å²) in [6.07, 6.45) is 1.43. The average Bonchev–Trinajstić information content (AvgIpc) is 2.75. The van der Waals surface area contributed by atoms with Gasteiger partial charge in [-0.3, -0.25) is 4.79 Å². The summed E-state index contributed by atoms with van der Waals surface area (Å²) < 4.78 is 5.27. The van der Waals surface area contributed by atoms with Crippen LogP contribution >= 0.6 is 11.6 Å². The number of amides is 1. The second kappa shape index (κ2) is 5.51. The molecule has 92 valence electrons. The van der Waals surface area contributed by atoms with Crippen LogP contribution in [-0.2, 0) is 0 Å². The van der Waals surface area contributed by atoms with Gasteiger partial charge in [-0.25, -0.2) is 5.43 Å². The van der Waals surface area contributed by atoms with Crippen molar-refractivity contribution in [3.8, 4) is 0 Å². The van der Waals surface area contributed by atoms with Gasteiger partial charge in [-0.15, -0.1) is 0 Å². The Bertz CT molecular complexity index is 590. The lowest BCUT2D eigenvalue weighted by Crippen LogP contribution is -2.17. The molecule has 2 aromatic rings. The van der Waals surface area contributed by atoms with E-state index in [0.29, 0.717) is 16.3 Å². The summed E-state index contributed by atoms with van der Waals surface area (Å²) >= 11 is 5.89. The number of hydrogen-bond acceptors (Lipinski definition) is 3. The molecule has 0 atom stereocenters. The fraction of sp³-hybridized carbons (Fsp3) is 0.0769. The van der Waals surface area contributed by atoms with Crippen LogP contribution in [0.3, 0.4) is 0 Å². The number of aryl methyl sites for hydroxylation is 1. The van der Waals surface area contributed by atoms with Gasteiger partial charge in [0.1, 0.15) is 11.5 Å². The predicted octanol–water partition coefficient (Wildman–Crippen LogP) is 3.01. The topological polar surface area (TPSA) is 54.6 Å². The number of carbonyl (C=O) groups is 1. The molecule has 1 heterocycles. The second-order valence-electron chi connectivity index (χ2n) is 3.63. The summed E-state index contributed by atoms with van der Waals surface area (Å²) in [5.74, 6) is 1.00. The molecule has 0 unspecified atom stereocenters. The van der Waals surface area contributed by atoms with Crippen LogP contribution in [0.1, 0.15) is 21.9 Å². The maximum absolute atomic E-state index is 11.7. The Morgan fingerprint density at radius 1 is 1.33 bits per heavy atom. The molecule has 0 saturated heterocycles. The fourth-order valence-corrected chi connectivity index (χ4v) is 1.60. The van der Waals surface area contributed by atoms with Crippen LogP contribution in [0.4, 0.5) is 0 Å². The van der Waals surface area contributed by atoms with E-state index in [4.69, 9.17) is 16.0 Å². The highest BCUT2D eigenvalue weighted by molar-refractivity contribution is 6.33. The Hall–Kier alpha value is -2.07. The maximum atomic E-state index is 11.7. The van der Waals surface area contributed by atoms with Gasteiger partial charge in [0.15, 0.2) is 0 Å². The zero-order valence-corrected chi connectivity index (χ0v) is 10.4. The van der Waals surface area contributed by atoms with Crippen molar-refractivity contribution in [2.24, 2.45) is 5.10 Å². The zero-order chi connectivity index (χ0) is 13.0. The summed E-state index contributed by atoms with van der Waals surface area (Å²) in [5.41, 5.74) is 2.77. The van der Waals surface area contributed by atoms with Crippen molar-refractivity contribution >= 4 is 23.7 Å². The van der Waals surface area contributed by atoms with Crippen LogP contribution in [0.15, 0.2) is 45.9 Å². The van der Waals surface area contributed by atoms with E-state index in [1.54, 1.807) is 30.3 Å². The largest absolute Gasteiger partial charge is 0.460 e. The molecule has 1 amide bonds.